The first-order valence-electron chi connectivity index (χ1n) is 11.4. The highest BCUT2D eigenvalue weighted by Crippen LogP contribution is 2.39. The summed E-state index contributed by atoms with van der Waals surface area (Å²) >= 11 is 0. The molecule has 4 aromatic rings. The van der Waals surface area contributed by atoms with Gasteiger partial charge < -0.3 is 15.5 Å². The molecule has 168 valence electrons. The fourth-order valence-electron chi connectivity index (χ4n) is 4.60. The number of rotatable bonds is 5. The Balaban J connectivity index is 1.41. The first-order chi connectivity index (χ1) is 17.2. The lowest BCUT2D eigenvalue weighted by Gasteiger charge is -2.25. The van der Waals surface area contributed by atoms with Crippen LogP contribution in [0.5, 0.6) is 0 Å². The molecule has 5 nitrogen and oxygen atoms in total. The number of hydrogen-bond acceptors (Lipinski definition) is 3. The van der Waals surface area contributed by atoms with E-state index in [-0.39, 0.29) is 11.8 Å². The molecule has 0 saturated carbocycles. The van der Waals surface area contributed by atoms with Crippen molar-refractivity contribution >= 4 is 40.3 Å². The summed E-state index contributed by atoms with van der Waals surface area (Å²) in [5, 5.41) is 5.81. The Hall–Kier alpha value is -4.90. The third-order valence-electron chi connectivity index (χ3n) is 6.19. The maximum atomic E-state index is 12.9. The highest BCUT2D eigenvalue weighted by molar-refractivity contribution is 6.30. The monoisotopic (exact) mass is 455 g/mol. The van der Waals surface area contributed by atoms with Crippen molar-refractivity contribution in [3.05, 3.63) is 138 Å². The normalized spacial score (nSPS) is 14.6. The van der Waals surface area contributed by atoms with Crippen LogP contribution < -0.4 is 15.5 Å². The Labute approximate surface area is 203 Å². The number of carbonyl (C=O) groups is 2. The summed E-state index contributed by atoms with van der Waals surface area (Å²) in [5.41, 5.74) is 6.50. The fraction of sp³-hybridized carbons (Fsp3) is 0. The third-order valence-corrected chi connectivity index (χ3v) is 6.19. The molecule has 2 heterocycles. The molecule has 0 aliphatic carbocycles. The molecular weight excluding hydrogens is 434 g/mol. The van der Waals surface area contributed by atoms with Crippen LogP contribution in [0.3, 0.4) is 0 Å². The molecular formula is C30H21N3O2. The Morgan fingerprint density at radius 2 is 0.800 bits per heavy atom. The smallest absolute Gasteiger partial charge is 0.258 e. The van der Waals surface area contributed by atoms with Crippen LogP contribution in [0.2, 0.25) is 0 Å². The topological polar surface area (TPSA) is 61.4 Å². The molecule has 0 atom stereocenters. The summed E-state index contributed by atoms with van der Waals surface area (Å²) < 4.78 is 0. The molecule has 2 amide bonds. The first kappa shape index (κ1) is 20.7. The maximum Gasteiger partial charge on any atom is 0.258 e. The zero-order valence-corrected chi connectivity index (χ0v) is 18.7. The van der Waals surface area contributed by atoms with Crippen LogP contribution in [0.1, 0.15) is 11.1 Å². The minimum Gasteiger partial charge on any atom is -0.321 e. The van der Waals surface area contributed by atoms with E-state index in [0.717, 1.165) is 28.2 Å². The first-order valence-corrected chi connectivity index (χ1v) is 11.4. The molecule has 0 radical (unpaired) electrons. The van der Waals surface area contributed by atoms with Gasteiger partial charge in [-0.25, -0.2) is 0 Å². The lowest BCUT2D eigenvalue weighted by molar-refractivity contribution is -0.117. The second-order valence-corrected chi connectivity index (χ2v) is 8.33. The highest BCUT2D eigenvalue weighted by Gasteiger charge is 2.40. The Morgan fingerprint density at radius 1 is 0.429 bits per heavy atom. The second kappa shape index (κ2) is 8.47. The molecule has 0 aromatic heterocycles. The number of benzene rings is 4. The van der Waals surface area contributed by atoms with Crippen LogP contribution >= 0.6 is 0 Å². The van der Waals surface area contributed by atoms with Crippen molar-refractivity contribution in [2.24, 2.45) is 0 Å². The van der Waals surface area contributed by atoms with Crippen molar-refractivity contribution in [2.75, 3.05) is 4.90 Å². The van der Waals surface area contributed by atoms with Crippen LogP contribution in [0, 0.1) is 0 Å². The molecule has 4 aromatic carbocycles. The van der Waals surface area contributed by atoms with Gasteiger partial charge in [-0.15, -0.1) is 0 Å². The highest BCUT2D eigenvalue weighted by atomic mass is 16.2. The van der Waals surface area contributed by atoms with Gasteiger partial charge in [-0.2, -0.15) is 0 Å². The van der Waals surface area contributed by atoms with Crippen molar-refractivity contribution in [1.29, 1.82) is 0 Å². The predicted octanol–water partition coefficient (Wildman–Crippen LogP) is 5.54. The number of carbonyl (C=O) groups excluding carboxylic acids is 2. The summed E-state index contributed by atoms with van der Waals surface area (Å²) in [6, 6.07) is 37.6. The molecule has 2 aliphatic heterocycles. The summed E-state index contributed by atoms with van der Waals surface area (Å²) in [6.45, 7) is 0. The standard InChI is InChI=1S/C30H21N3O2/c34-29-25-26(30(35)31-27(25)20-10-4-1-5-11-20)28(32-29)21-16-18-24(19-17-21)33(22-12-6-2-7-13-22)23-14-8-3-9-15-23/h1-19H,(H,31,35)(H,32,34). The van der Waals surface area contributed by atoms with Crippen LogP contribution in [-0.4, -0.2) is 11.8 Å². The number of para-hydroxylation sites is 2. The lowest BCUT2D eigenvalue weighted by Crippen LogP contribution is -2.21. The lowest BCUT2D eigenvalue weighted by atomic mass is 10.0. The molecule has 2 N–H and O–H groups in total. The largest absolute Gasteiger partial charge is 0.321 e. The van der Waals surface area contributed by atoms with Crippen LogP contribution in [0.4, 0.5) is 17.1 Å². The average molecular weight is 456 g/mol. The average Bonchev–Trinajstić information content (AvgIpc) is 3.44. The van der Waals surface area contributed by atoms with Crippen molar-refractivity contribution < 1.29 is 9.59 Å². The fourth-order valence-corrected chi connectivity index (χ4v) is 4.60. The minimum atomic E-state index is -0.272. The summed E-state index contributed by atoms with van der Waals surface area (Å²) in [6.07, 6.45) is 0. The molecule has 0 saturated heterocycles. The zero-order chi connectivity index (χ0) is 23.8. The van der Waals surface area contributed by atoms with E-state index < -0.39 is 0 Å². The van der Waals surface area contributed by atoms with E-state index in [1.165, 1.54) is 0 Å². The third kappa shape index (κ3) is 3.60. The molecule has 2 aliphatic rings. The number of amides is 2. The second-order valence-electron chi connectivity index (χ2n) is 8.33. The molecule has 0 unspecified atom stereocenters. The van der Waals surface area contributed by atoms with Crippen molar-refractivity contribution in [3.63, 3.8) is 0 Å². The van der Waals surface area contributed by atoms with Gasteiger partial charge in [0.05, 0.1) is 22.5 Å². The SMILES string of the molecule is O=C1NC(c2ccc(N(c3ccccc3)c3ccccc3)cc2)=C2C(=O)NC(c3ccccc3)=C12. The molecule has 0 spiro atoms. The Kier molecular flexibility index (Phi) is 5.00. The van der Waals surface area contributed by atoms with E-state index >= 15 is 0 Å². The zero-order valence-electron chi connectivity index (χ0n) is 18.7. The van der Waals surface area contributed by atoms with Crippen LogP contribution in [0.15, 0.2) is 126 Å². The van der Waals surface area contributed by atoms with Gasteiger partial charge in [0, 0.05) is 17.1 Å². The Bertz CT molecular complexity index is 1450. The van der Waals surface area contributed by atoms with Crippen molar-refractivity contribution in [1.82, 2.24) is 10.6 Å². The van der Waals surface area contributed by atoms with Gasteiger partial charge in [0.25, 0.3) is 11.8 Å². The van der Waals surface area contributed by atoms with Crippen molar-refractivity contribution in [2.45, 2.75) is 0 Å². The van der Waals surface area contributed by atoms with E-state index in [1.807, 2.05) is 91.0 Å². The van der Waals surface area contributed by atoms with Gasteiger partial charge in [-0.1, -0.05) is 78.9 Å². The summed E-state index contributed by atoms with van der Waals surface area (Å²) in [5.74, 6) is -0.544. The molecule has 5 heteroatoms. The van der Waals surface area contributed by atoms with E-state index in [2.05, 4.69) is 39.8 Å². The quantitative estimate of drug-likeness (QED) is 0.416. The maximum absolute atomic E-state index is 12.9. The molecule has 6 rings (SSSR count). The van der Waals surface area contributed by atoms with Gasteiger partial charge in [-0.05, 0) is 47.5 Å². The van der Waals surface area contributed by atoms with Gasteiger partial charge in [-0.3, -0.25) is 9.59 Å². The van der Waals surface area contributed by atoms with E-state index in [4.69, 9.17) is 0 Å². The van der Waals surface area contributed by atoms with Crippen LogP contribution in [0.25, 0.3) is 11.4 Å². The van der Waals surface area contributed by atoms with Gasteiger partial charge in [0.2, 0.25) is 0 Å². The molecule has 0 fully saturated rings. The van der Waals surface area contributed by atoms with Gasteiger partial charge >= 0.3 is 0 Å². The Morgan fingerprint density at radius 3 is 1.26 bits per heavy atom. The molecule has 0 bridgehead atoms. The van der Waals surface area contributed by atoms with Gasteiger partial charge in [0.15, 0.2) is 0 Å². The van der Waals surface area contributed by atoms with Gasteiger partial charge in [0.1, 0.15) is 0 Å². The molecule has 35 heavy (non-hydrogen) atoms. The van der Waals surface area contributed by atoms with Crippen LogP contribution in [-0.2, 0) is 9.59 Å². The number of fused-ring (bicyclic) bond motifs is 1. The number of nitrogens with zero attached hydrogens (tertiary/aromatic N) is 1. The van der Waals surface area contributed by atoms with E-state index in [1.54, 1.807) is 0 Å². The number of hydrogen-bond donors (Lipinski definition) is 2. The minimum absolute atomic E-state index is 0.272. The number of anilines is 3. The van der Waals surface area contributed by atoms with Crippen molar-refractivity contribution in [3.8, 4) is 0 Å². The summed E-state index contributed by atoms with van der Waals surface area (Å²) in [7, 11) is 0. The van der Waals surface area contributed by atoms with E-state index in [0.29, 0.717) is 22.5 Å². The van der Waals surface area contributed by atoms with E-state index in [9.17, 15) is 9.59 Å². The number of nitrogens with one attached hydrogen (secondary N) is 2. The predicted molar refractivity (Wildman–Crippen MR) is 138 cm³/mol. The summed E-state index contributed by atoms with van der Waals surface area (Å²) in [4.78, 5) is 28.0.